The van der Waals surface area contributed by atoms with E-state index in [4.69, 9.17) is 14.2 Å². The highest BCUT2D eigenvalue weighted by molar-refractivity contribution is 5.97. The zero-order valence-electron chi connectivity index (χ0n) is 23.9. The Morgan fingerprint density at radius 1 is 0.949 bits per heavy atom. The summed E-state index contributed by atoms with van der Waals surface area (Å²) in [6, 6.07) is 12.5. The van der Waals surface area contributed by atoms with Gasteiger partial charge >= 0.3 is 0 Å². The van der Waals surface area contributed by atoms with Gasteiger partial charge in [-0.2, -0.15) is 0 Å². The number of hydrogen-bond donors (Lipinski definition) is 1. The van der Waals surface area contributed by atoms with Crippen molar-refractivity contribution in [1.29, 1.82) is 0 Å². The molecule has 0 aliphatic carbocycles. The minimum Gasteiger partial charge on any atom is -0.497 e. The summed E-state index contributed by atoms with van der Waals surface area (Å²) in [5.41, 5.74) is 1.55. The lowest BCUT2D eigenvalue weighted by Gasteiger charge is -2.41. The van der Waals surface area contributed by atoms with E-state index in [9.17, 15) is 9.59 Å². The van der Waals surface area contributed by atoms with E-state index in [1.807, 2.05) is 42.5 Å². The third-order valence-corrected chi connectivity index (χ3v) is 7.93. The molecule has 4 atom stereocenters. The summed E-state index contributed by atoms with van der Waals surface area (Å²) in [6.07, 6.45) is 2.98. The van der Waals surface area contributed by atoms with Gasteiger partial charge in [0.15, 0.2) is 11.5 Å². The number of likely N-dealkylation sites (tertiary alicyclic amines) is 1. The van der Waals surface area contributed by atoms with Crippen LogP contribution in [0.1, 0.15) is 51.1 Å². The van der Waals surface area contributed by atoms with Gasteiger partial charge in [-0.15, -0.1) is 0 Å². The van der Waals surface area contributed by atoms with Crippen molar-refractivity contribution < 1.29 is 23.8 Å². The van der Waals surface area contributed by atoms with Crippen LogP contribution in [0.2, 0.25) is 0 Å². The summed E-state index contributed by atoms with van der Waals surface area (Å²) in [4.78, 5) is 31.3. The van der Waals surface area contributed by atoms with E-state index >= 15 is 0 Å². The molecule has 4 rings (SSSR count). The van der Waals surface area contributed by atoms with Gasteiger partial charge in [0, 0.05) is 31.7 Å². The van der Waals surface area contributed by atoms with Crippen molar-refractivity contribution in [3.63, 3.8) is 0 Å². The van der Waals surface area contributed by atoms with E-state index in [1.165, 1.54) is 6.42 Å². The van der Waals surface area contributed by atoms with Gasteiger partial charge in [0.05, 0.1) is 33.3 Å². The van der Waals surface area contributed by atoms with Crippen molar-refractivity contribution in [1.82, 2.24) is 10.2 Å². The highest BCUT2D eigenvalue weighted by Crippen LogP contribution is 2.42. The minimum atomic E-state index is -0.483. The van der Waals surface area contributed by atoms with Gasteiger partial charge < -0.3 is 29.3 Å². The Morgan fingerprint density at radius 2 is 1.64 bits per heavy atom. The molecule has 2 aliphatic rings. The van der Waals surface area contributed by atoms with Crippen molar-refractivity contribution in [2.75, 3.05) is 52.4 Å². The van der Waals surface area contributed by atoms with Gasteiger partial charge in [0.2, 0.25) is 11.8 Å². The van der Waals surface area contributed by atoms with Crippen LogP contribution in [0.15, 0.2) is 42.5 Å². The Bertz CT molecular complexity index is 1110. The number of anilines is 1. The van der Waals surface area contributed by atoms with Crippen molar-refractivity contribution >= 4 is 17.5 Å². The number of nitrogens with zero attached hydrogens (tertiary/aromatic N) is 2. The predicted octanol–water partition coefficient (Wildman–Crippen LogP) is 4.68. The van der Waals surface area contributed by atoms with E-state index < -0.39 is 12.0 Å². The average Bonchev–Trinajstić information content (AvgIpc) is 2.94. The number of nitrogens with one attached hydrogen (secondary N) is 1. The molecule has 212 valence electrons. The normalized spacial score (nSPS) is 23.8. The summed E-state index contributed by atoms with van der Waals surface area (Å²) in [6.45, 7) is 8.48. The topological polar surface area (TPSA) is 80.3 Å². The first-order chi connectivity index (χ1) is 18.8. The largest absolute Gasteiger partial charge is 0.497 e. The average molecular weight is 538 g/mol. The minimum absolute atomic E-state index is 0.0164. The summed E-state index contributed by atoms with van der Waals surface area (Å²) in [5.74, 6) is 2.85. The van der Waals surface area contributed by atoms with Gasteiger partial charge in [-0.3, -0.25) is 9.59 Å². The third-order valence-electron chi connectivity index (χ3n) is 7.93. The van der Waals surface area contributed by atoms with Gasteiger partial charge in [0.25, 0.3) is 0 Å². The molecule has 0 saturated carbocycles. The SMILES string of the molecule is COc1ccc(N2C(=O)CC[C@@H](C(=O)NCCCN3C[C@H](C)C[C@H](C)C3)[C@H]2c2ccc(OC)c(OC)c2)cc1. The molecule has 2 aromatic rings. The van der Waals surface area contributed by atoms with Crippen LogP contribution in [0.25, 0.3) is 0 Å². The molecule has 2 amide bonds. The quantitative estimate of drug-likeness (QED) is 0.444. The Balaban J connectivity index is 1.55. The standard InChI is InChI=1S/C31H43N3O5/c1-21-17-22(2)20-33(19-21)16-6-15-32-31(36)26-12-14-29(35)34(24-8-10-25(37-3)11-9-24)30(26)23-7-13-27(38-4)28(18-23)39-5/h7-11,13,18,21-22,26,30H,6,12,14-17,19-20H2,1-5H3,(H,32,36)/t21-,22+,26-,30-/m1/s1. The monoisotopic (exact) mass is 537 g/mol. The second-order valence-electron chi connectivity index (χ2n) is 11.0. The maximum Gasteiger partial charge on any atom is 0.227 e. The predicted molar refractivity (Wildman–Crippen MR) is 153 cm³/mol. The fourth-order valence-corrected chi connectivity index (χ4v) is 6.25. The third kappa shape index (κ3) is 6.85. The molecular weight excluding hydrogens is 494 g/mol. The van der Waals surface area contributed by atoms with Crippen LogP contribution in [0.4, 0.5) is 5.69 Å². The number of piperidine rings is 2. The van der Waals surface area contributed by atoms with Crippen LogP contribution in [-0.2, 0) is 9.59 Å². The molecule has 2 aliphatic heterocycles. The van der Waals surface area contributed by atoms with E-state index in [1.54, 1.807) is 26.2 Å². The Hall–Kier alpha value is -3.26. The highest BCUT2D eigenvalue weighted by Gasteiger charge is 2.41. The molecule has 0 unspecified atom stereocenters. The first kappa shape index (κ1) is 28.7. The number of ether oxygens (including phenoxy) is 3. The zero-order chi connectivity index (χ0) is 27.9. The van der Waals surface area contributed by atoms with Gasteiger partial charge in [-0.1, -0.05) is 19.9 Å². The molecule has 2 fully saturated rings. The van der Waals surface area contributed by atoms with Crippen molar-refractivity contribution in [2.24, 2.45) is 17.8 Å². The van der Waals surface area contributed by atoms with E-state index in [2.05, 4.69) is 24.1 Å². The number of carbonyl (C=O) groups excluding carboxylic acids is 2. The zero-order valence-corrected chi connectivity index (χ0v) is 23.9. The molecule has 8 nitrogen and oxygen atoms in total. The number of benzene rings is 2. The summed E-state index contributed by atoms with van der Waals surface area (Å²) in [7, 11) is 4.79. The van der Waals surface area contributed by atoms with Crippen molar-refractivity contribution in [2.45, 2.75) is 45.6 Å². The molecule has 39 heavy (non-hydrogen) atoms. The smallest absolute Gasteiger partial charge is 0.227 e. The molecular formula is C31H43N3O5. The maximum absolute atomic E-state index is 13.7. The van der Waals surface area contributed by atoms with Crippen LogP contribution in [0, 0.1) is 17.8 Å². The van der Waals surface area contributed by atoms with Gasteiger partial charge in [0.1, 0.15) is 5.75 Å². The second-order valence-corrected chi connectivity index (χ2v) is 11.0. The number of methoxy groups -OCH3 is 3. The summed E-state index contributed by atoms with van der Waals surface area (Å²) < 4.78 is 16.3. The molecule has 0 radical (unpaired) electrons. The van der Waals surface area contributed by atoms with E-state index in [0.29, 0.717) is 48.5 Å². The summed E-state index contributed by atoms with van der Waals surface area (Å²) >= 11 is 0. The van der Waals surface area contributed by atoms with Gasteiger partial charge in [-0.05, 0) is 79.6 Å². The first-order valence-electron chi connectivity index (χ1n) is 14.0. The number of carbonyl (C=O) groups is 2. The molecule has 2 saturated heterocycles. The van der Waals surface area contributed by atoms with Crippen LogP contribution >= 0.6 is 0 Å². The van der Waals surface area contributed by atoms with Gasteiger partial charge in [-0.25, -0.2) is 0 Å². The molecule has 0 bridgehead atoms. The first-order valence-corrected chi connectivity index (χ1v) is 14.0. The molecule has 2 aromatic carbocycles. The Labute approximate surface area is 232 Å². The summed E-state index contributed by atoms with van der Waals surface area (Å²) in [5, 5.41) is 3.19. The number of amides is 2. The van der Waals surface area contributed by atoms with Crippen LogP contribution < -0.4 is 24.4 Å². The molecule has 1 N–H and O–H groups in total. The van der Waals surface area contributed by atoms with Crippen molar-refractivity contribution in [3.05, 3.63) is 48.0 Å². The number of rotatable bonds is 10. The lowest BCUT2D eigenvalue weighted by Crippen LogP contribution is -2.48. The molecule has 0 spiro atoms. The number of hydrogen-bond acceptors (Lipinski definition) is 6. The Kier molecular flexibility index (Phi) is 9.73. The van der Waals surface area contributed by atoms with Crippen LogP contribution in [0.5, 0.6) is 17.2 Å². The Morgan fingerprint density at radius 3 is 2.28 bits per heavy atom. The fourth-order valence-electron chi connectivity index (χ4n) is 6.25. The van der Waals surface area contributed by atoms with Crippen molar-refractivity contribution in [3.8, 4) is 17.2 Å². The molecule has 8 heteroatoms. The fraction of sp³-hybridized carbons (Fsp3) is 0.548. The lowest BCUT2D eigenvalue weighted by atomic mass is 9.83. The second kappa shape index (κ2) is 13.2. The van der Waals surface area contributed by atoms with Crippen LogP contribution in [-0.4, -0.2) is 64.2 Å². The molecule has 2 heterocycles. The van der Waals surface area contributed by atoms with E-state index in [-0.39, 0.29) is 11.8 Å². The van der Waals surface area contributed by atoms with Crippen LogP contribution in [0.3, 0.4) is 0 Å². The highest BCUT2D eigenvalue weighted by atomic mass is 16.5. The lowest BCUT2D eigenvalue weighted by molar-refractivity contribution is -0.129. The maximum atomic E-state index is 13.7. The molecule has 0 aromatic heterocycles. The van der Waals surface area contributed by atoms with E-state index in [0.717, 1.165) is 37.3 Å².